The fraction of sp³-hybridized carbons (Fsp3) is 0.0952. The van der Waals surface area contributed by atoms with Crippen LogP contribution in [-0.4, -0.2) is 21.9 Å². The Morgan fingerprint density at radius 2 is 1.10 bits per heavy atom. The van der Waals surface area contributed by atoms with Gasteiger partial charge in [0.1, 0.15) is 5.76 Å². The van der Waals surface area contributed by atoms with E-state index >= 15 is 0 Å². The van der Waals surface area contributed by atoms with Crippen LogP contribution in [0.4, 0.5) is 26.3 Å². The van der Waals surface area contributed by atoms with E-state index in [4.69, 9.17) is 0 Å². The van der Waals surface area contributed by atoms with Gasteiger partial charge in [-0.05, 0) is 71.1 Å². The lowest BCUT2D eigenvalue weighted by atomic mass is 10.2. The van der Waals surface area contributed by atoms with Crippen LogP contribution in [0, 0.1) is 0 Å². The molecule has 0 unspecified atom stereocenters. The molecule has 0 amide bonds. The van der Waals surface area contributed by atoms with Crippen LogP contribution in [0.25, 0.3) is 12.2 Å². The van der Waals surface area contributed by atoms with Crippen LogP contribution >= 0.6 is 23.5 Å². The molecule has 0 radical (unpaired) electrons. The molecule has 2 nitrogen and oxygen atoms in total. The molecule has 0 aliphatic rings. The van der Waals surface area contributed by atoms with Gasteiger partial charge in [0.15, 0.2) is 5.78 Å². The molecule has 0 aliphatic heterocycles. The highest BCUT2D eigenvalue weighted by Crippen LogP contribution is 2.37. The number of aliphatic hydroxyl groups is 1. The van der Waals surface area contributed by atoms with Gasteiger partial charge in [-0.15, -0.1) is 0 Å². The summed E-state index contributed by atoms with van der Waals surface area (Å²) in [5, 5.41) is 9.79. The molecule has 0 saturated carbocycles. The predicted octanol–water partition coefficient (Wildman–Crippen LogP) is 7.65. The van der Waals surface area contributed by atoms with E-state index in [2.05, 4.69) is 0 Å². The second-order valence-electron chi connectivity index (χ2n) is 5.87. The molecule has 0 aliphatic carbocycles. The number of alkyl halides is 6. The van der Waals surface area contributed by atoms with E-state index in [-0.39, 0.29) is 39.1 Å². The minimum absolute atomic E-state index is 0.0173. The zero-order valence-electron chi connectivity index (χ0n) is 15.4. The van der Waals surface area contributed by atoms with Crippen molar-refractivity contribution in [2.24, 2.45) is 0 Å². The third-order valence-electron chi connectivity index (χ3n) is 3.40. The molecule has 0 spiro atoms. The molecule has 10 heteroatoms. The molecule has 2 aromatic carbocycles. The lowest BCUT2D eigenvalue weighted by Gasteiger charge is -2.05. The molecule has 0 aromatic heterocycles. The number of allylic oxidation sites excluding steroid dienone is 3. The highest BCUT2D eigenvalue weighted by atomic mass is 32.2. The van der Waals surface area contributed by atoms with Gasteiger partial charge in [0, 0.05) is 15.9 Å². The Morgan fingerprint density at radius 3 is 1.48 bits per heavy atom. The first-order valence-electron chi connectivity index (χ1n) is 8.42. The molecule has 0 atom stereocenters. The molecule has 0 bridgehead atoms. The molecular formula is C21H14F6O2S2. The Labute approximate surface area is 182 Å². The summed E-state index contributed by atoms with van der Waals surface area (Å²) < 4.78 is 73.8. The van der Waals surface area contributed by atoms with Crippen molar-refractivity contribution in [2.45, 2.75) is 20.8 Å². The molecule has 164 valence electrons. The van der Waals surface area contributed by atoms with Gasteiger partial charge in [-0.25, -0.2) is 0 Å². The number of carbonyl (C=O) groups is 1. The minimum Gasteiger partial charge on any atom is -0.508 e. The van der Waals surface area contributed by atoms with Crippen molar-refractivity contribution in [3.05, 3.63) is 83.6 Å². The number of carbonyl (C=O) groups excluding carboxylic acids is 1. The fourth-order valence-corrected chi connectivity index (χ4v) is 3.24. The summed E-state index contributed by atoms with van der Waals surface area (Å²) in [7, 11) is 0. The fourth-order valence-electron chi connectivity index (χ4n) is 2.16. The van der Waals surface area contributed by atoms with Gasteiger partial charge < -0.3 is 5.11 Å². The van der Waals surface area contributed by atoms with E-state index in [1.54, 1.807) is 0 Å². The first-order valence-corrected chi connectivity index (χ1v) is 10.1. The number of hydrogen-bond acceptors (Lipinski definition) is 4. The highest BCUT2D eigenvalue weighted by Gasteiger charge is 2.29. The molecule has 0 fully saturated rings. The predicted molar refractivity (Wildman–Crippen MR) is 110 cm³/mol. The Hall–Kier alpha value is -2.59. The van der Waals surface area contributed by atoms with Crippen LogP contribution in [0.2, 0.25) is 0 Å². The van der Waals surface area contributed by atoms with Gasteiger partial charge in [0.05, 0.1) is 0 Å². The summed E-state index contributed by atoms with van der Waals surface area (Å²) in [6, 6.07) is 10.8. The number of rotatable bonds is 7. The highest BCUT2D eigenvalue weighted by molar-refractivity contribution is 8.00. The average Bonchev–Trinajstić information content (AvgIpc) is 2.64. The molecule has 2 aromatic rings. The lowest BCUT2D eigenvalue weighted by molar-refractivity contribution is -0.110. The van der Waals surface area contributed by atoms with Gasteiger partial charge >= 0.3 is 11.0 Å². The average molecular weight is 476 g/mol. The maximum absolute atomic E-state index is 12.3. The maximum atomic E-state index is 12.3. The largest absolute Gasteiger partial charge is 0.508 e. The normalized spacial score (nSPS) is 13.3. The van der Waals surface area contributed by atoms with Gasteiger partial charge in [-0.2, -0.15) is 26.3 Å². The van der Waals surface area contributed by atoms with E-state index in [0.717, 1.165) is 12.2 Å². The van der Waals surface area contributed by atoms with Crippen molar-refractivity contribution in [3.63, 3.8) is 0 Å². The summed E-state index contributed by atoms with van der Waals surface area (Å²) in [6.45, 7) is 0. The smallest absolute Gasteiger partial charge is 0.446 e. The Balaban J connectivity index is 1.93. The third-order valence-corrected chi connectivity index (χ3v) is 4.88. The van der Waals surface area contributed by atoms with Gasteiger partial charge in [-0.3, -0.25) is 4.79 Å². The Kier molecular flexibility index (Phi) is 8.46. The monoisotopic (exact) mass is 476 g/mol. The molecule has 1 N–H and O–H groups in total. The quantitative estimate of drug-likeness (QED) is 0.146. The van der Waals surface area contributed by atoms with Crippen molar-refractivity contribution in [2.75, 3.05) is 0 Å². The van der Waals surface area contributed by atoms with Gasteiger partial charge in [-0.1, -0.05) is 36.4 Å². The maximum Gasteiger partial charge on any atom is 0.446 e. The Morgan fingerprint density at radius 1 is 0.710 bits per heavy atom. The summed E-state index contributed by atoms with van der Waals surface area (Å²) >= 11 is -0.483. The van der Waals surface area contributed by atoms with E-state index in [0.29, 0.717) is 11.1 Å². The number of ketones is 1. The van der Waals surface area contributed by atoms with Crippen molar-refractivity contribution >= 4 is 41.5 Å². The summed E-state index contributed by atoms with van der Waals surface area (Å²) in [5.74, 6) is -0.937. The van der Waals surface area contributed by atoms with E-state index in [9.17, 15) is 36.2 Å². The van der Waals surface area contributed by atoms with Crippen LogP contribution in [0.5, 0.6) is 0 Å². The molecule has 2 rings (SSSR count). The number of halogens is 6. The van der Waals surface area contributed by atoms with Crippen LogP contribution in [0.15, 0.2) is 82.3 Å². The van der Waals surface area contributed by atoms with Crippen molar-refractivity contribution in [3.8, 4) is 0 Å². The standard InChI is InChI=1S/C21H14F6O2S2/c22-20(23,24)30-18-9-3-14(4-10-18)1-7-16(28)13-17(29)8-2-15-5-11-19(12-6-15)31-21(25,26)27/h1-13,28H/b7-1+,8-2+,16-13-. The van der Waals surface area contributed by atoms with Crippen LogP contribution < -0.4 is 0 Å². The van der Waals surface area contributed by atoms with Crippen LogP contribution in [0.1, 0.15) is 11.1 Å². The molecular weight excluding hydrogens is 462 g/mol. The van der Waals surface area contributed by atoms with Gasteiger partial charge in [0.25, 0.3) is 0 Å². The molecule has 0 saturated heterocycles. The molecule has 0 heterocycles. The number of benzene rings is 2. The lowest BCUT2D eigenvalue weighted by Crippen LogP contribution is -1.98. The second kappa shape index (κ2) is 10.6. The van der Waals surface area contributed by atoms with Crippen molar-refractivity contribution in [1.29, 1.82) is 0 Å². The van der Waals surface area contributed by atoms with Crippen molar-refractivity contribution < 1.29 is 36.2 Å². The van der Waals surface area contributed by atoms with E-state index in [1.165, 1.54) is 66.8 Å². The van der Waals surface area contributed by atoms with Crippen LogP contribution in [0.3, 0.4) is 0 Å². The van der Waals surface area contributed by atoms with Crippen molar-refractivity contribution in [1.82, 2.24) is 0 Å². The van der Waals surface area contributed by atoms with Gasteiger partial charge in [0.2, 0.25) is 0 Å². The summed E-state index contributed by atoms with van der Waals surface area (Å²) in [4.78, 5) is 11.9. The zero-order valence-corrected chi connectivity index (χ0v) is 17.1. The first kappa shape index (κ1) is 24.7. The summed E-state index contributed by atoms with van der Waals surface area (Å²) in [6.07, 6.45) is 6.07. The van der Waals surface area contributed by atoms with E-state index < -0.39 is 16.8 Å². The number of thioether (sulfide) groups is 2. The first-order chi connectivity index (χ1) is 14.4. The van der Waals surface area contributed by atoms with E-state index in [1.807, 2.05) is 0 Å². The number of aliphatic hydroxyl groups excluding tert-OH is 1. The minimum atomic E-state index is -4.38. The topological polar surface area (TPSA) is 37.3 Å². The molecule has 31 heavy (non-hydrogen) atoms. The second-order valence-corrected chi connectivity index (χ2v) is 8.15. The Bertz CT molecular complexity index is 973. The third kappa shape index (κ3) is 10.3. The SMILES string of the molecule is O=C(/C=C(O)/C=C/c1ccc(SC(F)(F)F)cc1)/C=C/c1ccc(SC(F)(F)F)cc1. The summed E-state index contributed by atoms with van der Waals surface area (Å²) in [5.41, 5.74) is -7.74. The number of hydrogen-bond donors (Lipinski definition) is 1. The zero-order chi connectivity index (χ0) is 23.1. The van der Waals surface area contributed by atoms with Crippen LogP contribution in [-0.2, 0) is 4.79 Å².